The molecule has 3 atom stereocenters. The van der Waals surface area contributed by atoms with E-state index in [-0.39, 0.29) is 31.3 Å². The van der Waals surface area contributed by atoms with Gasteiger partial charge >= 0.3 is 5.97 Å². The molecule has 3 unspecified atom stereocenters. The molecule has 0 saturated carbocycles. The van der Waals surface area contributed by atoms with Crippen LogP contribution in [0.4, 0.5) is 0 Å². The molecule has 9 nitrogen and oxygen atoms in total. The van der Waals surface area contributed by atoms with Crippen molar-refractivity contribution in [2.24, 2.45) is 0 Å². The fraction of sp³-hybridized carbons (Fsp3) is 0.824. The highest BCUT2D eigenvalue weighted by atomic mass is 31.2. The quantitative estimate of drug-likeness (QED) is 0.0212. The Kier molecular flexibility index (Phi) is 56.2. The lowest BCUT2D eigenvalue weighted by atomic mass is 10.0. The van der Waals surface area contributed by atoms with Crippen molar-refractivity contribution in [1.29, 1.82) is 0 Å². The molecular weight excluding hydrogens is 988 g/mol. The highest BCUT2D eigenvalue weighted by molar-refractivity contribution is 7.45. The van der Waals surface area contributed by atoms with E-state index in [1.165, 1.54) is 186 Å². The molecule has 0 saturated heterocycles. The van der Waals surface area contributed by atoms with Crippen molar-refractivity contribution in [3.05, 3.63) is 60.8 Å². The minimum Gasteiger partial charge on any atom is -0.756 e. The van der Waals surface area contributed by atoms with E-state index >= 15 is 0 Å². The number of esters is 1. The summed E-state index contributed by atoms with van der Waals surface area (Å²) in [6.07, 6.45) is 73.6. The Morgan fingerprint density at radius 2 is 0.821 bits per heavy atom. The van der Waals surface area contributed by atoms with Crippen LogP contribution in [0.1, 0.15) is 310 Å². The van der Waals surface area contributed by atoms with Gasteiger partial charge in [0.1, 0.15) is 19.3 Å². The second-order valence-electron chi connectivity index (χ2n) is 23.6. The van der Waals surface area contributed by atoms with Crippen LogP contribution in [0.2, 0.25) is 0 Å². The molecule has 0 aliphatic heterocycles. The number of amides is 1. The van der Waals surface area contributed by atoms with Crippen LogP contribution in [-0.2, 0) is 27.9 Å². The molecular formula is C68H127N2O7P. The molecule has 0 rings (SSSR count). The van der Waals surface area contributed by atoms with Crippen molar-refractivity contribution in [2.45, 2.75) is 322 Å². The second kappa shape index (κ2) is 57.9. The molecule has 78 heavy (non-hydrogen) atoms. The number of phosphoric acid groups is 1. The summed E-state index contributed by atoms with van der Waals surface area (Å²) in [7, 11) is 1.17. The van der Waals surface area contributed by atoms with E-state index in [1.54, 1.807) is 0 Å². The Bertz CT molecular complexity index is 1520. The Hall–Kier alpha value is -2.29. The number of quaternary nitrogens is 1. The molecule has 0 aliphatic carbocycles. The first-order valence-electron chi connectivity index (χ1n) is 33.1. The first-order chi connectivity index (χ1) is 37.9. The third-order valence-electron chi connectivity index (χ3n) is 14.7. The molecule has 0 fully saturated rings. The summed E-state index contributed by atoms with van der Waals surface area (Å²) in [5, 5.41) is 3.01. The number of carbonyl (C=O) groups is 2. The number of ether oxygens (including phenoxy) is 1. The van der Waals surface area contributed by atoms with Crippen LogP contribution in [-0.4, -0.2) is 69.4 Å². The summed E-state index contributed by atoms with van der Waals surface area (Å²) in [6, 6.07) is -0.904. The minimum absolute atomic E-state index is 0.0289. The first kappa shape index (κ1) is 75.7. The largest absolute Gasteiger partial charge is 0.756 e. The lowest BCUT2D eigenvalue weighted by Crippen LogP contribution is -2.47. The van der Waals surface area contributed by atoms with Crippen LogP contribution in [0.5, 0.6) is 0 Å². The molecule has 0 spiro atoms. The third kappa shape index (κ3) is 58.4. The SMILES string of the molecule is CC/C=C/C/C=C/C/C=C/C/C=C/CCCCCC(=O)NC(COP(=O)([O-])OCC[N+](C)(C)C)C(/C=C\CCCCCCCCCCC)OC(=O)CCCCCCCCCCCCCCCCCCCCCCCCCCC. The zero-order valence-electron chi connectivity index (χ0n) is 52.1. The molecule has 0 aromatic carbocycles. The molecule has 0 aromatic heterocycles. The monoisotopic (exact) mass is 1110 g/mol. The van der Waals surface area contributed by atoms with Gasteiger partial charge in [-0.25, -0.2) is 0 Å². The van der Waals surface area contributed by atoms with Gasteiger partial charge < -0.3 is 28.5 Å². The normalized spacial score (nSPS) is 14.0. The lowest BCUT2D eigenvalue weighted by Gasteiger charge is -2.30. The van der Waals surface area contributed by atoms with E-state index in [0.29, 0.717) is 17.4 Å². The summed E-state index contributed by atoms with van der Waals surface area (Å²) in [4.78, 5) is 40.0. The number of hydrogen-bond acceptors (Lipinski definition) is 7. The van der Waals surface area contributed by atoms with Crippen molar-refractivity contribution in [3.8, 4) is 0 Å². The van der Waals surface area contributed by atoms with E-state index < -0.39 is 26.6 Å². The molecule has 0 heterocycles. The van der Waals surface area contributed by atoms with Crippen LogP contribution in [0.25, 0.3) is 0 Å². The maximum atomic E-state index is 13.5. The molecule has 0 aliphatic rings. The molecule has 0 radical (unpaired) electrons. The maximum Gasteiger partial charge on any atom is 0.306 e. The predicted molar refractivity (Wildman–Crippen MR) is 335 cm³/mol. The van der Waals surface area contributed by atoms with Gasteiger partial charge in [-0.05, 0) is 70.3 Å². The number of nitrogens with one attached hydrogen (secondary N) is 1. The van der Waals surface area contributed by atoms with Crippen LogP contribution in [0, 0.1) is 0 Å². The van der Waals surface area contributed by atoms with Gasteiger partial charge in [-0.1, -0.05) is 287 Å². The molecule has 0 aromatic rings. The van der Waals surface area contributed by atoms with E-state index in [1.807, 2.05) is 33.3 Å². The zero-order valence-corrected chi connectivity index (χ0v) is 53.0. The van der Waals surface area contributed by atoms with E-state index in [0.717, 1.165) is 83.5 Å². The lowest BCUT2D eigenvalue weighted by molar-refractivity contribution is -0.870. The number of carbonyl (C=O) groups excluding carboxylic acids is 2. The van der Waals surface area contributed by atoms with E-state index in [2.05, 4.69) is 74.7 Å². The highest BCUT2D eigenvalue weighted by Crippen LogP contribution is 2.38. The number of rotatable bonds is 60. The van der Waals surface area contributed by atoms with Crippen molar-refractivity contribution in [3.63, 3.8) is 0 Å². The Balaban J connectivity index is 5.06. The second-order valence-corrected chi connectivity index (χ2v) is 25.0. The van der Waals surface area contributed by atoms with Gasteiger partial charge in [0.2, 0.25) is 5.91 Å². The van der Waals surface area contributed by atoms with Gasteiger partial charge in [0.25, 0.3) is 7.82 Å². The first-order valence-corrected chi connectivity index (χ1v) is 34.6. The number of hydrogen-bond donors (Lipinski definition) is 1. The van der Waals surface area contributed by atoms with Crippen LogP contribution in [0.15, 0.2) is 60.8 Å². The fourth-order valence-electron chi connectivity index (χ4n) is 9.63. The maximum absolute atomic E-state index is 13.5. The van der Waals surface area contributed by atoms with E-state index in [4.69, 9.17) is 13.8 Å². The average molecular weight is 1120 g/mol. The molecule has 1 amide bonds. The molecule has 10 heteroatoms. The van der Waals surface area contributed by atoms with Crippen molar-refractivity contribution in [1.82, 2.24) is 5.32 Å². The smallest absolute Gasteiger partial charge is 0.306 e. The Labute approximate surface area is 483 Å². The van der Waals surface area contributed by atoms with Crippen LogP contribution in [0.3, 0.4) is 0 Å². The van der Waals surface area contributed by atoms with E-state index in [9.17, 15) is 19.0 Å². The summed E-state index contributed by atoms with van der Waals surface area (Å²) in [6.45, 7) is 6.73. The van der Waals surface area contributed by atoms with Gasteiger partial charge in [0.15, 0.2) is 0 Å². The van der Waals surface area contributed by atoms with Gasteiger partial charge in [-0.2, -0.15) is 0 Å². The Morgan fingerprint density at radius 1 is 0.462 bits per heavy atom. The van der Waals surface area contributed by atoms with Crippen LogP contribution < -0.4 is 10.2 Å². The summed E-state index contributed by atoms with van der Waals surface area (Å²) in [5.74, 6) is -0.568. The summed E-state index contributed by atoms with van der Waals surface area (Å²) < 4.78 is 30.3. The molecule has 456 valence electrons. The third-order valence-corrected chi connectivity index (χ3v) is 15.7. The average Bonchev–Trinajstić information content (AvgIpc) is 3.40. The number of unbranched alkanes of at least 4 members (excludes halogenated alkanes) is 36. The zero-order chi connectivity index (χ0) is 57.2. The van der Waals surface area contributed by atoms with Gasteiger partial charge in [0, 0.05) is 12.8 Å². The predicted octanol–water partition coefficient (Wildman–Crippen LogP) is 20.0. The van der Waals surface area contributed by atoms with Gasteiger partial charge in [-0.15, -0.1) is 0 Å². The molecule has 0 bridgehead atoms. The summed E-state index contributed by atoms with van der Waals surface area (Å²) >= 11 is 0. The topological polar surface area (TPSA) is 114 Å². The van der Waals surface area contributed by atoms with Gasteiger partial charge in [0.05, 0.1) is 33.8 Å². The fourth-order valence-corrected chi connectivity index (χ4v) is 10.4. The summed E-state index contributed by atoms with van der Waals surface area (Å²) in [5.41, 5.74) is 0. The highest BCUT2D eigenvalue weighted by Gasteiger charge is 2.27. The van der Waals surface area contributed by atoms with Crippen molar-refractivity contribution in [2.75, 3.05) is 40.9 Å². The van der Waals surface area contributed by atoms with Gasteiger partial charge in [-0.3, -0.25) is 14.2 Å². The van der Waals surface area contributed by atoms with Crippen molar-refractivity contribution < 1.29 is 37.3 Å². The van der Waals surface area contributed by atoms with Crippen LogP contribution >= 0.6 is 7.82 Å². The Morgan fingerprint density at radius 3 is 1.24 bits per heavy atom. The number of nitrogens with zero attached hydrogens (tertiary/aromatic N) is 1. The van der Waals surface area contributed by atoms with Crippen molar-refractivity contribution >= 4 is 19.7 Å². The number of allylic oxidation sites excluding steroid dienone is 9. The minimum atomic E-state index is -4.71. The number of phosphoric ester groups is 1. The standard InChI is InChI=1S/C68H127N2O7P/c1-7-10-13-16-19-22-25-27-29-31-32-33-34-35-36-37-38-39-41-43-46-49-52-55-58-61-68(72)77-66(59-56-53-50-47-44-24-21-18-15-12-9-3)65(64-76-78(73,74)75-63-62-70(4,5)6)69-67(71)60-57-54-51-48-45-42-40-30-28-26-23-20-17-14-11-8-2/h11,14,20,23,28,30,42,45,56,59,65-66H,7-10,12-13,15-19,21-22,24-27,29,31-41,43-44,46-55,57-58,60-64H2,1-6H3,(H-,69,71,73,74)/b14-11+,23-20+,30-28+,45-42+,59-56-. The molecule has 1 N–H and O–H groups in total. The number of likely N-dealkylation sites (N-methyl/N-ethyl adjacent to an activating group) is 1.